The first-order chi connectivity index (χ1) is 7.43. The molecule has 0 saturated heterocycles. The van der Waals surface area contributed by atoms with E-state index in [1.54, 1.807) is 6.07 Å². The summed E-state index contributed by atoms with van der Waals surface area (Å²) in [5.74, 6) is -0.380. The molecule has 0 aliphatic carbocycles. The van der Waals surface area contributed by atoms with Gasteiger partial charge in [-0.3, -0.25) is 4.79 Å². The topological polar surface area (TPSA) is 63.2 Å². The summed E-state index contributed by atoms with van der Waals surface area (Å²) in [5.41, 5.74) is 1.37. The Balaban J connectivity index is 2.56. The third-order valence-electron chi connectivity index (χ3n) is 2.66. The lowest BCUT2D eigenvalue weighted by molar-refractivity contribution is -0.117. The number of carbonyl (C=O) groups is 1. The largest absolute Gasteiger partial charge is 0.325 e. The molecule has 0 unspecified atom stereocenters. The minimum Gasteiger partial charge on any atom is -0.325 e. The molecule has 0 spiro atoms. The summed E-state index contributed by atoms with van der Waals surface area (Å²) in [4.78, 5) is 11.6. The maximum Gasteiger partial charge on any atom is 0.261 e. The van der Waals surface area contributed by atoms with Crippen LogP contribution in [-0.4, -0.2) is 14.3 Å². The molecule has 1 amide bonds. The zero-order valence-electron chi connectivity index (χ0n) is 8.53. The van der Waals surface area contributed by atoms with Gasteiger partial charge in [0.15, 0.2) is 0 Å². The van der Waals surface area contributed by atoms with Crippen molar-refractivity contribution in [3.05, 3.63) is 23.8 Å². The molecule has 16 heavy (non-hydrogen) atoms. The quantitative estimate of drug-likeness (QED) is 0.827. The second-order valence-corrected chi connectivity index (χ2v) is 6.20. The van der Waals surface area contributed by atoms with Gasteiger partial charge in [-0.1, -0.05) is 6.92 Å². The molecule has 1 heterocycles. The van der Waals surface area contributed by atoms with Crippen molar-refractivity contribution < 1.29 is 13.2 Å². The van der Waals surface area contributed by atoms with Crippen molar-refractivity contribution in [1.82, 2.24) is 0 Å². The average molecular weight is 260 g/mol. The summed E-state index contributed by atoms with van der Waals surface area (Å²) in [6, 6.07) is 4.42. The fraction of sp³-hybridized carbons (Fsp3) is 0.300. The van der Waals surface area contributed by atoms with E-state index < -0.39 is 9.05 Å². The highest BCUT2D eigenvalue weighted by Gasteiger charge is 2.30. The van der Waals surface area contributed by atoms with E-state index in [1.807, 2.05) is 6.92 Å². The number of hydrogen-bond acceptors (Lipinski definition) is 3. The minimum atomic E-state index is -3.74. The molecule has 1 atom stereocenters. The maximum absolute atomic E-state index is 11.5. The van der Waals surface area contributed by atoms with E-state index in [-0.39, 0.29) is 16.7 Å². The number of carbonyl (C=O) groups excluding carboxylic acids is 1. The molecule has 1 N–H and O–H groups in total. The normalized spacial score (nSPS) is 19.4. The predicted octanol–water partition coefficient (Wildman–Crippen LogP) is 2.06. The Kier molecular flexibility index (Phi) is 2.67. The number of benzene rings is 1. The van der Waals surface area contributed by atoms with E-state index >= 15 is 0 Å². The van der Waals surface area contributed by atoms with E-state index in [0.29, 0.717) is 17.7 Å². The van der Waals surface area contributed by atoms with Crippen LogP contribution < -0.4 is 5.32 Å². The Morgan fingerprint density at radius 2 is 2.12 bits per heavy atom. The number of hydrogen-bond donors (Lipinski definition) is 1. The first kappa shape index (κ1) is 11.4. The smallest absolute Gasteiger partial charge is 0.261 e. The molecule has 1 aromatic carbocycles. The van der Waals surface area contributed by atoms with Crippen molar-refractivity contribution in [3.63, 3.8) is 0 Å². The Morgan fingerprint density at radius 3 is 2.69 bits per heavy atom. The van der Waals surface area contributed by atoms with Crippen molar-refractivity contribution >= 4 is 31.3 Å². The number of nitrogens with one attached hydrogen (secondary N) is 1. The molecule has 6 heteroatoms. The monoisotopic (exact) mass is 259 g/mol. The Morgan fingerprint density at radius 1 is 1.44 bits per heavy atom. The van der Waals surface area contributed by atoms with Crippen LogP contribution in [0.25, 0.3) is 0 Å². The standard InChI is InChI=1S/C10H10ClNO3S/c1-2-7-8-5-6(16(11,14)15)3-4-9(8)12-10(7)13/h3-5,7H,2H2,1H3,(H,12,13)/t7-/m1/s1. The number of halogens is 1. The van der Waals surface area contributed by atoms with E-state index in [4.69, 9.17) is 10.7 Å². The van der Waals surface area contributed by atoms with Crippen LogP contribution in [0.5, 0.6) is 0 Å². The van der Waals surface area contributed by atoms with Gasteiger partial charge < -0.3 is 5.32 Å². The van der Waals surface area contributed by atoms with Crippen molar-refractivity contribution in [2.75, 3.05) is 5.32 Å². The molecule has 1 aromatic rings. The van der Waals surface area contributed by atoms with Crippen LogP contribution in [0.4, 0.5) is 5.69 Å². The van der Waals surface area contributed by atoms with Gasteiger partial charge in [0.05, 0.1) is 10.8 Å². The lowest BCUT2D eigenvalue weighted by atomic mass is 9.98. The Bertz CT molecular complexity index is 553. The Hall–Kier alpha value is -1.07. The van der Waals surface area contributed by atoms with Gasteiger partial charge in [0.1, 0.15) is 0 Å². The first-order valence-electron chi connectivity index (χ1n) is 4.83. The van der Waals surface area contributed by atoms with Gasteiger partial charge in [-0.25, -0.2) is 8.42 Å². The summed E-state index contributed by atoms with van der Waals surface area (Å²) in [5, 5.41) is 2.70. The maximum atomic E-state index is 11.5. The van der Waals surface area contributed by atoms with Gasteiger partial charge >= 0.3 is 0 Å². The first-order valence-corrected chi connectivity index (χ1v) is 7.14. The average Bonchev–Trinajstić information content (AvgIpc) is 2.50. The zero-order valence-corrected chi connectivity index (χ0v) is 10.1. The number of anilines is 1. The van der Waals surface area contributed by atoms with Crippen LogP contribution in [0.1, 0.15) is 24.8 Å². The molecule has 86 valence electrons. The molecule has 0 radical (unpaired) electrons. The fourth-order valence-corrected chi connectivity index (χ4v) is 2.65. The third kappa shape index (κ3) is 1.81. The Labute approximate surface area is 98.0 Å². The van der Waals surface area contributed by atoms with Crippen LogP contribution in [-0.2, 0) is 13.8 Å². The summed E-state index contributed by atoms with van der Waals surface area (Å²) >= 11 is 0. The molecule has 1 aliphatic rings. The van der Waals surface area contributed by atoms with Crippen molar-refractivity contribution in [3.8, 4) is 0 Å². The molecule has 0 aromatic heterocycles. The lowest BCUT2D eigenvalue weighted by Gasteiger charge is -2.05. The molecule has 0 saturated carbocycles. The molecular formula is C10H10ClNO3S. The summed E-state index contributed by atoms with van der Waals surface area (Å²) < 4.78 is 22.3. The molecule has 2 rings (SSSR count). The van der Waals surface area contributed by atoms with E-state index in [0.717, 1.165) is 0 Å². The van der Waals surface area contributed by atoms with Gasteiger partial charge in [-0.2, -0.15) is 0 Å². The lowest BCUT2D eigenvalue weighted by Crippen LogP contribution is -2.10. The molecule has 1 aliphatic heterocycles. The number of amides is 1. The summed E-state index contributed by atoms with van der Waals surface area (Å²) in [6.45, 7) is 1.88. The van der Waals surface area contributed by atoms with Gasteiger partial charge in [0.2, 0.25) is 5.91 Å². The third-order valence-corrected chi connectivity index (χ3v) is 4.01. The number of rotatable bonds is 2. The summed E-state index contributed by atoms with van der Waals surface area (Å²) in [7, 11) is 1.51. The van der Waals surface area contributed by atoms with Gasteiger partial charge in [0.25, 0.3) is 9.05 Å². The fourth-order valence-electron chi connectivity index (χ4n) is 1.86. The van der Waals surface area contributed by atoms with Crippen LogP contribution >= 0.6 is 10.7 Å². The molecular weight excluding hydrogens is 250 g/mol. The van der Waals surface area contributed by atoms with Gasteiger partial charge in [0, 0.05) is 16.4 Å². The van der Waals surface area contributed by atoms with Crippen molar-refractivity contribution in [1.29, 1.82) is 0 Å². The highest BCUT2D eigenvalue weighted by Crippen LogP contribution is 2.36. The van der Waals surface area contributed by atoms with Crippen LogP contribution in [0, 0.1) is 0 Å². The molecule has 0 bridgehead atoms. The highest BCUT2D eigenvalue weighted by atomic mass is 35.7. The van der Waals surface area contributed by atoms with E-state index in [9.17, 15) is 13.2 Å². The van der Waals surface area contributed by atoms with Crippen molar-refractivity contribution in [2.45, 2.75) is 24.2 Å². The van der Waals surface area contributed by atoms with E-state index in [1.165, 1.54) is 12.1 Å². The second kappa shape index (κ2) is 3.75. The van der Waals surface area contributed by atoms with Gasteiger partial charge in [-0.05, 0) is 30.2 Å². The SMILES string of the molecule is CC[C@H]1C(=O)Nc2ccc(S(=O)(=O)Cl)cc21. The number of fused-ring (bicyclic) bond motifs is 1. The van der Waals surface area contributed by atoms with E-state index in [2.05, 4.69) is 5.32 Å². The highest BCUT2D eigenvalue weighted by molar-refractivity contribution is 8.13. The molecule has 4 nitrogen and oxygen atoms in total. The summed E-state index contributed by atoms with van der Waals surface area (Å²) in [6.07, 6.45) is 0.630. The van der Waals surface area contributed by atoms with Crippen LogP contribution in [0.3, 0.4) is 0 Å². The van der Waals surface area contributed by atoms with Crippen LogP contribution in [0.2, 0.25) is 0 Å². The predicted molar refractivity (Wildman–Crippen MR) is 61.1 cm³/mol. The minimum absolute atomic E-state index is 0.0304. The molecule has 0 fully saturated rings. The van der Waals surface area contributed by atoms with Gasteiger partial charge in [-0.15, -0.1) is 0 Å². The zero-order chi connectivity index (χ0) is 11.9. The van der Waals surface area contributed by atoms with Crippen LogP contribution in [0.15, 0.2) is 23.1 Å². The second-order valence-electron chi connectivity index (χ2n) is 3.64. The van der Waals surface area contributed by atoms with Crippen molar-refractivity contribution in [2.24, 2.45) is 0 Å².